The lowest BCUT2D eigenvalue weighted by Gasteiger charge is -2.33. The number of amides is 1. The average Bonchev–Trinajstić information content (AvgIpc) is 2.33. The molecular formula is C12H16N2O2. The first-order valence-electron chi connectivity index (χ1n) is 5.45. The third-order valence-corrected chi connectivity index (χ3v) is 2.92. The van der Waals surface area contributed by atoms with Crippen LogP contribution in [-0.4, -0.2) is 31.2 Å². The molecule has 1 aliphatic heterocycles. The minimum absolute atomic E-state index is 0.00815. The van der Waals surface area contributed by atoms with Gasteiger partial charge >= 0.3 is 0 Å². The fraction of sp³-hybridized carbons (Fsp3) is 0.417. The predicted molar refractivity (Wildman–Crippen MR) is 62.3 cm³/mol. The highest BCUT2D eigenvalue weighted by atomic mass is 16.3. The van der Waals surface area contributed by atoms with Crippen molar-refractivity contribution in [2.24, 2.45) is 0 Å². The van der Waals surface area contributed by atoms with E-state index in [1.54, 1.807) is 7.05 Å². The Balaban J connectivity index is 2.24. The van der Waals surface area contributed by atoms with E-state index in [0.29, 0.717) is 19.5 Å². The molecule has 1 amide bonds. The first kappa shape index (κ1) is 11.0. The van der Waals surface area contributed by atoms with Crippen molar-refractivity contribution in [1.29, 1.82) is 0 Å². The number of para-hydroxylation sites is 1. The maximum Gasteiger partial charge on any atom is 0.239 e. The van der Waals surface area contributed by atoms with Crippen LogP contribution >= 0.6 is 0 Å². The Labute approximate surface area is 94.9 Å². The number of nitrogens with zero attached hydrogens (tertiary/aromatic N) is 1. The number of hydrogen-bond donors (Lipinski definition) is 2. The van der Waals surface area contributed by atoms with Crippen molar-refractivity contribution in [2.45, 2.75) is 12.5 Å². The van der Waals surface area contributed by atoms with Gasteiger partial charge in [-0.3, -0.25) is 4.79 Å². The lowest BCUT2D eigenvalue weighted by Crippen LogP contribution is -2.39. The number of aliphatic hydroxyl groups excluding tert-OH is 1. The molecule has 0 saturated carbocycles. The van der Waals surface area contributed by atoms with Crippen molar-refractivity contribution < 1.29 is 9.90 Å². The highest BCUT2D eigenvalue weighted by molar-refractivity contribution is 5.81. The summed E-state index contributed by atoms with van der Waals surface area (Å²) in [4.78, 5) is 13.4. The molecule has 1 aromatic rings. The van der Waals surface area contributed by atoms with Crippen LogP contribution in [0.25, 0.3) is 0 Å². The van der Waals surface area contributed by atoms with Crippen LogP contribution in [0.2, 0.25) is 0 Å². The van der Waals surface area contributed by atoms with Gasteiger partial charge in [-0.1, -0.05) is 18.2 Å². The number of nitrogens with one attached hydrogen (secondary N) is 1. The first-order valence-corrected chi connectivity index (χ1v) is 5.45. The van der Waals surface area contributed by atoms with Crippen molar-refractivity contribution >= 4 is 11.6 Å². The quantitative estimate of drug-likeness (QED) is 0.770. The van der Waals surface area contributed by atoms with Crippen molar-refractivity contribution in [3.05, 3.63) is 29.8 Å². The molecule has 1 heterocycles. The van der Waals surface area contributed by atoms with Gasteiger partial charge in [-0.05, 0) is 12.5 Å². The maximum absolute atomic E-state index is 11.4. The van der Waals surface area contributed by atoms with E-state index in [-0.39, 0.29) is 5.91 Å². The largest absolute Gasteiger partial charge is 0.388 e. The lowest BCUT2D eigenvalue weighted by atomic mass is 9.99. The standard InChI is InChI=1S/C12H16N2O2/c1-13-12(16)8-14-7-6-11(15)9-4-2-3-5-10(9)14/h2-5,11,15H,6-8H2,1H3,(H,13,16). The Hall–Kier alpha value is -1.55. The topological polar surface area (TPSA) is 52.6 Å². The molecule has 86 valence electrons. The summed E-state index contributed by atoms with van der Waals surface area (Å²) >= 11 is 0. The Morgan fingerprint density at radius 2 is 2.31 bits per heavy atom. The molecule has 0 aromatic heterocycles. The summed E-state index contributed by atoms with van der Waals surface area (Å²) in [6.07, 6.45) is 0.269. The fourth-order valence-electron chi connectivity index (χ4n) is 2.03. The van der Waals surface area contributed by atoms with Gasteiger partial charge in [0.05, 0.1) is 12.6 Å². The van der Waals surface area contributed by atoms with Gasteiger partial charge in [-0.25, -0.2) is 0 Å². The molecule has 1 aliphatic rings. The first-order chi connectivity index (χ1) is 7.72. The van der Waals surface area contributed by atoms with Gasteiger partial charge in [-0.15, -0.1) is 0 Å². The van der Waals surface area contributed by atoms with Gasteiger partial charge < -0.3 is 15.3 Å². The molecule has 0 fully saturated rings. The Bertz CT molecular complexity index is 392. The monoisotopic (exact) mass is 220 g/mol. The van der Waals surface area contributed by atoms with Crippen molar-refractivity contribution in [3.63, 3.8) is 0 Å². The Kier molecular flexibility index (Phi) is 3.10. The minimum Gasteiger partial charge on any atom is -0.388 e. The second-order valence-corrected chi connectivity index (χ2v) is 3.96. The van der Waals surface area contributed by atoms with E-state index in [0.717, 1.165) is 11.3 Å². The van der Waals surface area contributed by atoms with Crippen LogP contribution in [0.1, 0.15) is 18.1 Å². The van der Waals surface area contributed by atoms with Gasteiger partial charge in [0, 0.05) is 24.8 Å². The van der Waals surface area contributed by atoms with E-state index in [1.807, 2.05) is 29.2 Å². The lowest BCUT2D eigenvalue weighted by molar-refractivity contribution is -0.119. The molecule has 0 radical (unpaired) electrons. The summed E-state index contributed by atoms with van der Waals surface area (Å²) in [5, 5.41) is 12.5. The molecule has 1 aromatic carbocycles. The van der Waals surface area contributed by atoms with Gasteiger partial charge in [0.25, 0.3) is 0 Å². The van der Waals surface area contributed by atoms with E-state index in [2.05, 4.69) is 5.32 Å². The van der Waals surface area contributed by atoms with E-state index < -0.39 is 6.10 Å². The average molecular weight is 220 g/mol. The van der Waals surface area contributed by atoms with E-state index >= 15 is 0 Å². The zero-order chi connectivity index (χ0) is 11.5. The molecule has 0 bridgehead atoms. The third kappa shape index (κ3) is 2.02. The number of fused-ring (bicyclic) bond motifs is 1. The molecule has 16 heavy (non-hydrogen) atoms. The number of anilines is 1. The Morgan fingerprint density at radius 3 is 3.06 bits per heavy atom. The van der Waals surface area contributed by atoms with Crippen LogP contribution in [0.3, 0.4) is 0 Å². The van der Waals surface area contributed by atoms with E-state index in [9.17, 15) is 9.90 Å². The third-order valence-electron chi connectivity index (χ3n) is 2.92. The number of carbonyl (C=O) groups excluding carboxylic acids is 1. The Morgan fingerprint density at radius 1 is 1.56 bits per heavy atom. The second kappa shape index (κ2) is 4.53. The number of hydrogen-bond acceptors (Lipinski definition) is 3. The summed E-state index contributed by atoms with van der Waals surface area (Å²) in [7, 11) is 1.63. The van der Waals surface area contributed by atoms with E-state index in [1.165, 1.54) is 0 Å². The maximum atomic E-state index is 11.4. The molecule has 2 N–H and O–H groups in total. The molecule has 4 nitrogen and oxygen atoms in total. The van der Waals surface area contributed by atoms with Crippen molar-refractivity contribution in [2.75, 3.05) is 25.0 Å². The van der Waals surface area contributed by atoms with Crippen LogP contribution in [-0.2, 0) is 4.79 Å². The minimum atomic E-state index is -0.405. The summed E-state index contributed by atoms with van der Waals surface area (Å²) in [6, 6.07) is 7.69. The summed E-state index contributed by atoms with van der Waals surface area (Å²) in [6.45, 7) is 1.06. The van der Waals surface area contributed by atoms with Crippen molar-refractivity contribution in [3.8, 4) is 0 Å². The molecule has 0 saturated heterocycles. The predicted octanol–water partition coefficient (Wildman–Crippen LogP) is 0.676. The zero-order valence-corrected chi connectivity index (χ0v) is 9.31. The number of aliphatic hydroxyl groups is 1. The SMILES string of the molecule is CNC(=O)CN1CCC(O)c2ccccc21. The van der Waals surface area contributed by atoms with Crippen molar-refractivity contribution in [1.82, 2.24) is 5.32 Å². The highest BCUT2D eigenvalue weighted by Gasteiger charge is 2.23. The smallest absolute Gasteiger partial charge is 0.239 e. The molecule has 1 unspecified atom stereocenters. The highest BCUT2D eigenvalue weighted by Crippen LogP contribution is 2.32. The molecule has 0 spiro atoms. The molecule has 0 aliphatic carbocycles. The van der Waals surface area contributed by atoms with Gasteiger partial charge in [0.2, 0.25) is 5.91 Å². The van der Waals surface area contributed by atoms with Gasteiger partial charge in [0.15, 0.2) is 0 Å². The normalized spacial score (nSPS) is 19.1. The number of carbonyl (C=O) groups is 1. The number of likely N-dealkylation sites (N-methyl/N-ethyl adjacent to an activating group) is 1. The fourth-order valence-corrected chi connectivity index (χ4v) is 2.03. The molecular weight excluding hydrogens is 204 g/mol. The summed E-state index contributed by atoms with van der Waals surface area (Å²) < 4.78 is 0. The van der Waals surface area contributed by atoms with Gasteiger partial charge in [0.1, 0.15) is 0 Å². The van der Waals surface area contributed by atoms with Crippen LogP contribution in [0.5, 0.6) is 0 Å². The summed E-state index contributed by atoms with van der Waals surface area (Å²) in [5.74, 6) is -0.00815. The van der Waals surface area contributed by atoms with Crippen LogP contribution in [0.4, 0.5) is 5.69 Å². The van der Waals surface area contributed by atoms with Crippen LogP contribution < -0.4 is 10.2 Å². The molecule has 1 atom stereocenters. The molecule has 4 heteroatoms. The zero-order valence-electron chi connectivity index (χ0n) is 9.31. The van der Waals surface area contributed by atoms with E-state index in [4.69, 9.17) is 0 Å². The van der Waals surface area contributed by atoms with Crippen LogP contribution in [0.15, 0.2) is 24.3 Å². The summed E-state index contributed by atoms with van der Waals surface area (Å²) in [5.41, 5.74) is 1.88. The molecule has 2 rings (SSSR count). The second-order valence-electron chi connectivity index (χ2n) is 3.96. The number of benzene rings is 1. The number of rotatable bonds is 2. The van der Waals surface area contributed by atoms with Crippen LogP contribution in [0, 0.1) is 0 Å². The van der Waals surface area contributed by atoms with Gasteiger partial charge in [-0.2, -0.15) is 0 Å².